The van der Waals surface area contributed by atoms with Gasteiger partial charge in [0.1, 0.15) is 64.6 Å². The van der Waals surface area contributed by atoms with Crippen LogP contribution in [0.1, 0.15) is 109 Å². The van der Waals surface area contributed by atoms with Crippen LogP contribution >= 0.6 is 23.2 Å². The number of H-pyrrole nitrogens is 1. The van der Waals surface area contributed by atoms with E-state index in [4.69, 9.17) is 87.9 Å². The van der Waals surface area contributed by atoms with Gasteiger partial charge in [0.15, 0.2) is 51.4 Å². The molecule has 3 aliphatic heterocycles. The van der Waals surface area contributed by atoms with E-state index in [1.165, 1.54) is 19.0 Å². The van der Waals surface area contributed by atoms with E-state index in [0.29, 0.717) is 58.7 Å². The molecule has 6 N–H and O–H groups in total. The Morgan fingerprint density at radius 1 is 0.521 bits per heavy atom. The van der Waals surface area contributed by atoms with Crippen LogP contribution in [-0.2, 0) is 39.5 Å². The monoisotopic (exact) mass is 1670 g/mol. The molecule has 12 atom stereocenters. The third-order valence-electron chi connectivity index (χ3n) is 21.2. The lowest BCUT2D eigenvalue weighted by molar-refractivity contribution is -0.0689. The number of nitrogens with one attached hydrogen (secondary N) is 3. The molecule has 121 heavy (non-hydrogen) atoms. The number of nitrogens with zero attached hydrogens (tertiary/aromatic N) is 20. The van der Waals surface area contributed by atoms with Gasteiger partial charge in [-0.15, -0.1) is 0 Å². The summed E-state index contributed by atoms with van der Waals surface area (Å²) in [6.45, 7) is 9.95. The smallest absolute Gasteiger partial charge is 0.338 e. The number of aromatic amines is 1. The molecule has 0 aliphatic carbocycles. The molecular weight excluding hydrogens is 1590 g/mol. The Kier molecular flexibility index (Phi) is 26.3. The largest absolute Gasteiger partial charge is 0.497 e. The van der Waals surface area contributed by atoms with Crippen molar-refractivity contribution >= 4 is 80.5 Å². The maximum absolute atomic E-state index is 12.9. The highest BCUT2D eigenvalue weighted by atomic mass is 35.5. The van der Waals surface area contributed by atoms with Crippen LogP contribution in [0, 0.1) is 6.92 Å². The number of anilines is 3. The molecule has 620 valence electrons. The number of aliphatic hydroxyl groups excluding tert-OH is 1. The van der Waals surface area contributed by atoms with Gasteiger partial charge < -0.3 is 59.4 Å². The van der Waals surface area contributed by atoms with Crippen LogP contribution in [0.15, 0.2) is 233 Å². The van der Waals surface area contributed by atoms with Crippen molar-refractivity contribution in [3.63, 3.8) is 0 Å². The molecule has 3 saturated heterocycles. The van der Waals surface area contributed by atoms with Crippen LogP contribution in [0.2, 0.25) is 10.3 Å². The topological polar surface area (TPSA) is 458 Å². The summed E-state index contributed by atoms with van der Waals surface area (Å²) in [4.78, 5) is 72.5. The molecule has 3 aliphatic rings. The number of halogens is 2. The van der Waals surface area contributed by atoms with Gasteiger partial charge in [-0.2, -0.15) is 24.9 Å². The second kappa shape index (κ2) is 37.8. The lowest BCUT2D eigenvalue weighted by Crippen LogP contribution is -2.38. The highest BCUT2D eigenvalue weighted by Gasteiger charge is 2.50. The Balaban J connectivity index is 0.000000159. The minimum atomic E-state index is -1.12. The second-order valence-electron chi connectivity index (χ2n) is 28.2. The number of aliphatic hydroxyl groups is 1. The molecule has 0 radical (unpaired) electrons. The van der Waals surface area contributed by atoms with E-state index >= 15 is 0 Å². The zero-order chi connectivity index (χ0) is 84.9. The van der Waals surface area contributed by atoms with Crippen LogP contribution in [0.25, 0.3) is 64.8 Å². The minimum Gasteiger partial charge on any atom is -0.497 e. The fourth-order valence-corrected chi connectivity index (χ4v) is 15.9. The number of rotatable bonds is 27. The minimum absolute atomic E-state index is 0.0150. The van der Waals surface area contributed by atoms with Gasteiger partial charge in [0.05, 0.1) is 69.1 Å². The van der Waals surface area contributed by atoms with E-state index in [1.54, 1.807) is 40.1 Å². The summed E-state index contributed by atoms with van der Waals surface area (Å²) >= 11 is 13.6. The Labute approximate surface area is 702 Å². The quantitative estimate of drug-likeness (QED) is 0.00797. The predicted octanol–water partition coefficient (Wildman–Crippen LogP) is 15.4. The molecular formula is C84H84Cl2N24O11. The maximum atomic E-state index is 12.9. The number of hydrogen-bond donors (Lipinski definition) is 5. The van der Waals surface area contributed by atoms with E-state index in [0.717, 1.165) is 44.7 Å². The Hall–Kier alpha value is -13.3. The number of ether oxygens (including phenoxy) is 8. The maximum Gasteiger partial charge on any atom is 0.338 e. The molecule has 16 rings (SSSR count). The summed E-state index contributed by atoms with van der Waals surface area (Å²) in [5.41, 5.74) is 39.5. The highest BCUT2D eigenvalue weighted by molar-refractivity contribution is 6.34. The van der Waals surface area contributed by atoms with Crippen LogP contribution in [-0.4, -0.2) is 158 Å². The first-order valence-electron chi connectivity index (χ1n) is 38.8. The summed E-state index contributed by atoms with van der Waals surface area (Å²) in [5, 5.41) is 30.2. The lowest BCUT2D eigenvalue weighted by Gasteiger charge is -2.37. The third-order valence-corrected chi connectivity index (χ3v) is 21.7. The number of carbonyl (C=O) groups is 1. The van der Waals surface area contributed by atoms with Crippen LogP contribution in [0.5, 0.6) is 11.5 Å². The summed E-state index contributed by atoms with van der Waals surface area (Å²) in [7, 11) is 3.26. The number of aromatic nitrogens is 12. The molecule has 0 saturated carbocycles. The number of hydrogen-bond acceptors (Lipinski definition) is 25. The summed E-state index contributed by atoms with van der Waals surface area (Å²) in [5.74, 6) is 1.32. The van der Waals surface area contributed by atoms with Gasteiger partial charge in [0.25, 0.3) is 5.56 Å². The first-order valence-corrected chi connectivity index (χ1v) is 39.6. The van der Waals surface area contributed by atoms with E-state index in [1.807, 2.05) is 217 Å². The summed E-state index contributed by atoms with van der Waals surface area (Å²) < 4.78 is 52.0. The molecule has 0 bridgehead atoms. The normalized spacial score (nSPS) is 20.5. The number of benzene rings is 7. The van der Waals surface area contributed by atoms with Gasteiger partial charge in [0.2, 0.25) is 17.8 Å². The number of azide groups is 3. The zero-order valence-corrected chi connectivity index (χ0v) is 68.0. The average molecular weight is 1680 g/mol. The van der Waals surface area contributed by atoms with Gasteiger partial charge in [-0.25, -0.2) is 19.7 Å². The number of nitrogen functional groups attached to an aromatic ring is 1. The Bertz CT molecular complexity index is 5890. The van der Waals surface area contributed by atoms with Crippen molar-refractivity contribution < 1.29 is 47.8 Å². The van der Waals surface area contributed by atoms with Crippen molar-refractivity contribution in [1.29, 1.82) is 0 Å². The van der Waals surface area contributed by atoms with Crippen molar-refractivity contribution in [2.45, 2.75) is 132 Å². The van der Waals surface area contributed by atoms with Crippen molar-refractivity contribution in [3.8, 4) is 11.5 Å². The number of aryl methyl sites for hydroxylation is 1. The molecule has 13 aromatic rings. The molecule has 0 unspecified atom stereocenters. The number of imidazole rings is 3. The molecule has 7 aromatic carbocycles. The number of carbonyl (C=O) groups excluding carboxylic acids is 1. The number of nitrogens with two attached hydrogens (primary N) is 1. The molecule has 3 fully saturated rings. The lowest BCUT2D eigenvalue weighted by atomic mass is 9.77. The van der Waals surface area contributed by atoms with Crippen molar-refractivity contribution in [3.05, 3.63) is 310 Å². The fraction of sp³-hybridized carbons (Fsp3) is 0.310. The van der Waals surface area contributed by atoms with Gasteiger partial charge in [-0.1, -0.05) is 216 Å². The standard InChI is InChI=1S/C40H37ClN8O5.C31H29ClN8O3.C13H18N8O3/c1-4-52-34-32(47-48-42)31(23-53-38(50)26-17-15-25(2)16-18-26)54-37(34)49-24-43-33-35(41)44-39(45-36(33)49)46-40(27-11-7-5-8-12-27,28-13-9-6-10-14-28)29-19-21-30(51-3)22-20-29;1-3-23-24(38-39-33)26(41)29(43-23)40-18-34-25-27(32)35-30(36-28(25)40)37-31(19-10-6-4-7-11-19,20-12-8-5-9-13-20)21-14-16-22(42-2)17-15-21;1-3-6-7(19-20-15)9(23-4-2)12(24-6)21-5-16-8-10(21)17-13(14)18-11(8)22/h5-22,24,31-32,34,37H,4,23H2,1-3H3,(H,44,45,46);4-18,23-24,26,29,41H,3H2,1-2H3,(H,35,36,37);5-7,9,12H,3-4H2,1-2H3,(H3,14,17,18,22)/t31-,32-,34-,37-;23-,24-,26-,29-;6-,7-,9-,12-/m111/s1. The van der Waals surface area contributed by atoms with Gasteiger partial charge >= 0.3 is 5.97 Å². The molecule has 37 heteroatoms. The van der Waals surface area contributed by atoms with E-state index < -0.39 is 89.9 Å². The average Bonchev–Trinajstić information content (AvgIpc) is 1.36. The summed E-state index contributed by atoms with van der Waals surface area (Å²) in [6.07, 6.45) is -0.765. The predicted molar refractivity (Wildman–Crippen MR) is 451 cm³/mol. The zero-order valence-electron chi connectivity index (χ0n) is 66.5. The van der Waals surface area contributed by atoms with E-state index in [2.05, 4.69) is 75.6 Å². The molecule has 35 nitrogen and oxygen atoms in total. The van der Waals surface area contributed by atoms with Crippen molar-refractivity contribution in [1.82, 2.24) is 58.6 Å². The SMILES string of the molecule is CCO[C@@H]1[C@H](N=[N+]=[N-])[C@@H](CC)O[C@H]1n1cnc2c(=O)[nH]c(N)nc21.CCO[C@@H]1[C@H](N=[N+]=[N-])[C@@H](COC(=O)c2ccc(C)cc2)O[C@H]1n1cnc2c(Cl)nc(NC(c3ccccc3)(c3ccccc3)c3ccc(OC)cc3)nc21.CC[C@H]1O[C@@H](n2cnc3c(Cl)nc(NC(c4ccccc4)(c4ccccc4)c4ccc(OC)cc4)nc32)[C@H](O)[C@@H]1N=[N+]=[N-]. The number of methoxy groups -OCH3 is 2. The molecule has 0 spiro atoms. The van der Waals surface area contributed by atoms with E-state index in [9.17, 15) is 20.2 Å². The van der Waals surface area contributed by atoms with Gasteiger partial charge in [-0.3, -0.25) is 23.5 Å². The van der Waals surface area contributed by atoms with Gasteiger partial charge in [-0.05, 0) is 120 Å². The molecule has 6 aromatic heterocycles. The van der Waals surface area contributed by atoms with Crippen LogP contribution in [0.3, 0.4) is 0 Å². The first-order chi connectivity index (χ1) is 58.9. The third kappa shape index (κ3) is 17.1. The first kappa shape index (κ1) is 84.2. The summed E-state index contributed by atoms with van der Waals surface area (Å²) in [6, 6.07) is 60.5. The van der Waals surface area contributed by atoms with Crippen LogP contribution < -0.4 is 31.4 Å². The fourth-order valence-electron chi connectivity index (χ4n) is 15.5. The number of esters is 1. The Morgan fingerprint density at radius 2 is 0.893 bits per heavy atom. The Morgan fingerprint density at radius 3 is 1.31 bits per heavy atom. The molecule has 9 heterocycles. The van der Waals surface area contributed by atoms with E-state index in [-0.39, 0.29) is 53.0 Å². The second-order valence-corrected chi connectivity index (χ2v) is 28.9. The molecule has 0 amide bonds. The van der Waals surface area contributed by atoms with Crippen molar-refractivity contribution in [2.24, 2.45) is 15.3 Å². The van der Waals surface area contributed by atoms with Crippen molar-refractivity contribution in [2.75, 3.05) is 50.4 Å². The highest BCUT2D eigenvalue weighted by Crippen LogP contribution is 2.45. The van der Waals surface area contributed by atoms with Gasteiger partial charge in [0, 0.05) is 27.9 Å². The number of fused-ring (bicyclic) bond motifs is 3. The van der Waals surface area contributed by atoms with Crippen LogP contribution in [0.4, 0.5) is 17.8 Å².